The Bertz CT molecular complexity index is 925. The van der Waals surface area contributed by atoms with Crippen LogP contribution in [0.1, 0.15) is 18.4 Å². The number of aromatic nitrogens is 3. The molecule has 4 rings (SSSR count). The normalized spacial score (nSPS) is 17.7. The van der Waals surface area contributed by atoms with Crippen LogP contribution in [0.25, 0.3) is 11.0 Å². The van der Waals surface area contributed by atoms with Gasteiger partial charge in [-0.2, -0.15) is 15.4 Å². The molecule has 3 aromatic rings. The van der Waals surface area contributed by atoms with Crippen molar-refractivity contribution < 1.29 is 9.18 Å². The van der Waals surface area contributed by atoms with E-state index in [2.05, 4.69) is 30.9 Å². The second kappa shape index (κ2) is 7.71. The average Bonchev–Trinajstić information content (AvgIpc) is 3.14. The predicted molar refractivity (Wildman–Crippen MR) is 101 cm³/mol. The summed E-state index contributed by atoms with van der Waals surface area (Å²) < 4.78 is 13.0. The summed E-state index contributed by atoms with van der Waals surface area (Å²) in [5, 5.41) is 16.5. The van der Waals surface area contributed by atoms with E-state index >= 15 is 0 Å². The summed E-state index contributed by atoms with van der Waals surface area (Å²) in [6.45, 7) is 2.48. The van der Waals surface area contributed by atoms with E-state index in [1.165, 1.54) is 12.1 Å². The first-order chi connectivity index (χ1) is 13.2. The van der Waals surface area contributed by atoms with E-state index in [9.17, 15) is 9.18 Å². The third-order valence-electron chi connectivity index (χ3n) is 4.76. The Labute approximate surface area is 155 Å². The molecule has 0 unspecified atom stereocenters. The molecule has 1 fully saturated rings. The summed E-state index contributed by atoms with van der Waals surface area (Å²) in [7, 11) is 0. The van der Waals surface area contributed by atoms with E-state index in [4.69, 9.17) is 0 Å². The van der Waals surface area contributed by atoms with Gasteiger partial charge >= 0.3 is 6.03 Å². The van der Waals surface area contributed by atoms with E-state index in [0.29, 0.717) is 16.7 Å². The molecule has 1 atom stereocenters. The molecule has 1 aliphatic heterocycles. The molecule has 140 valence electrons. The third-order valence-corrected chi connectivity index (χ3v) is 4.76. The van der Waals surface area contributed by atoms with Gasteiger partial charge in [0.05, 0.1) is 5.69 Å². The van der Waals surface area contributed by atoms with Crippen LogP contribution in [0.4, 0.5) is 14.9 Å². The van der Waals surface area contributed by atoms with Crippen LogP contribution < -0.4 is 10.6 Å². The SMILES string of the molecule is O=C(Nc1cccc2n[nH]nc12)N[C@@H]1CCCN(Cc2ccc(F)cc2)C1. The number of likely N-dealkylation sites (tertiary alicyclic amines) is 1. The van der Waals surface area contributed by atoms with Crippen molar-refractivity contribution >= 4 is 22.8 Å². The number of carbonyl (C=O) groups excluding carboxylic acids is 1. The number of halogens is 1. The highest BCUT2D eigenvalue weighted by atomic mass is 19.1. The van der Waals surface area contributed by atoms with Gasteiger partial charge in [-0.05, 0) is 49.2 Å². The predicted octanol–water partition coefficient (Wildman–Crippen LogP) is 2.88. The molecule has 0 radical (unpaired) electrons. The maximum Gasteiger partial charge on any atom is 0.319 e. The van der Waals surface area contributed by atoms with Crippen molar-refractivity contribution in [1.29, 1.82) is 0 Å². The van der Waals surface area contributed by atoms with Gasteiger partial charge in [-0.25, -0.2) is 9.18 Å². The molecule has 7 nitrogen and oxygen atoms in total. The van der Waals surface area contributed by atoms with E-state index < -0.39 is 0 Å². The Morgan fingerprint density at radius 1 is 1.22 bits per heavy atom. The minimum Gasteiger partial charge on any atom is -0.334 e. The summed E-state index contributed by atoms with van der Waals surface area (Å²) in [6, 6.07) is 11.8. The smallest absolute Gasteiger partial charge is 0.319 e. The summed E-state index contributed by atoms with van der Waals surface area (Å²) in [6.07, 6.45) is 1.94. The quantitative estimate of drug-likeness (QED) is 0.661. The van der Waals surface area contributed by atoms with Gasteiger partial charge in [0.15, 0.2) is 0 Å². The molecule has 0 aliphatic carbocycles. The van der Waals surface area contributed by atoms with Crippen LogP contribution in [0.15, 0.2) is 42.5 Å². The van der Waals surface area contributed by atoms with Crippen molar-refractivity contribution in [3.05, 3.63) is 53.8 Å². The zero-order valence-electron chi connectivity index (χ0n) is 14.8. The fraction of sp³-hybridized carbons (Fsp3) is 0.316. The highest BCUT2D eigenvalue weighted by Gasteiger charge is 2.22. The summed E-state index contributed by atoms with van der Waals surface area (Å²) >= 11 is 0. The standard InChI is InChI=1S/C19H21FN6O/c20-14-8-6-13(7-9-14)11-26-10-2-3-15(12-26)21-19(27)22-16-4-1-5-17-18(16)24-25-23-17/h1,4-9,15H,2-3,10-12H2,(H2,21,22,27)(H,23,24,25)/t15-/m1/s1. The minimum atomic E-state index is -0.251. The van der Waals surface area contributed by atoms with Crippen LogP contribution in [-0.4, -0.2) is 45.5 Å². The van der Waals surface area contributed by atoms with Gasteiger partial charge in [0.1, 0.15) is 16.9 Å². The maximum atomic E-state index is 13.0. The second-order valence-electron chi connectivity index (χ2n) is 6.80. The lowest BCUT2D eigenvalue weighted by atomic mass is 10.0. The lowest BCUT2D eigenvalue weighted by molar-refractivity contribution is 0.183. The van der Waals surface area contributed by atoms with Gasteiger partial charge in [0.25, 0.3) is 0 Å². The van der Waals surface area contributed by atoms with Crippen LogP contribution in [0, 0.1) is 5.82 Å². The Hall–Kier alpha value is -3.00. The molecule has 27 heavy (non-hydrogen) atoms. The lowest BCUT2D eigenvalue weighted by Gasteiger charge is -2.33. The highest BCUT2D eigenvalue weighted by Crippen LogP contribution is 2.19. The van der Waals surface area contributed by atoms with Crippen molar-refractivity contribution in [2.24, 2.45) is 0 Å². The second-order valence-corrected chi connectivity index (χ2v) is 6.80. The molecule has 2 aromatic carbocycles. The largest absolute Gasteiger partial charge is 0.334 e. The molecule has 2 heterocycles. The third kappa shape index (κ3) is 4.22. The van der Waals surface area contributed by atoms with Gasteiger partial charge in [-0.3, -0.25) is 4.90 Å². The first kappa shape index (κ1) is 17.4. The van der Waals surface area contributed by atoms with Gasteiger partial charge in [0, 0.05) is 19.1 Å². The first-order valence-corrected chi connectivity index (χ1v) is 9.01. The molecular formula is C19H21FN6O. The zero-order valence-corrected chi connectivity index (χ0v) is 14.8. The topological polar surface area (TPSA) is 85.9 Å². The van der Waals surface area contributed by atoms with Gasteiger partial charge in [-0.15, -0.1) is 0 Å². The van der Waals surface area contributed by atoms with E-state index in [1.807, 2.05) is 12.1 Å². The highest BCUT2D eigenvalue weighted by molar-refractivity contribution is 5.98. The number of para-hydroxylation sites is 1. The number of nitrogens with one attached hydrogen (secondary N) is 3. The molecule has 0 spiro atoms. The number of amides is 2. The summed E-state index contributed by atoms with van der Waals surface area (Å²) in [5.41, 5.74) is 3.03. The van der Waals surface area contributed by atoms with Crippen molar-refractivity contribution in [1.82, 2.24) is 25.6 Å². The minimum absolute atomic E-state index is 0.0655. The number of hydrogen-bond donors (Lipinski definition) is 3. The summed E-state index contributed by atoms with van der Waals surface area (Å²) in [4.78, 5) is 14.7. The van der Waals surface area contributed by atoms with Crippen molar-refractivity contribution in [3.63, 3.8) is 0 Å². The van der Waals surface area contributed by atoms with E-state index in [1.54, 1.807) is 18.2 Å². The van der Waals surface area contributed by atoms with E-state index in [-0.39, 0.29) is 17.9 Å². The number of urea groups is 1. The van der Waals surface area contributed by atoms with Crippen LogP contribution in [0.5, 0.6) is 0 Å². The molecule has 0 bridgehead atoms. The molecule has 1 saturated heterocycles. The lowest BCUT2D eigenvalue weighted by Crippen LogP contribution is -2.48. The zero-order chi connectivity index (χ0) is 18.6. The summed E-state index contributed by atoms with van der Waals surface area (Å²) in [5.74, 6) is -0.226. The first-order valence-electron chi connectivity index (χ1n) is 9.01. The number of carbonyl (C=O) groups is 1. The van der Waals surface area contributed by atoms with Gasteiger partial charge < -0.3 is 10.6 Å². The van der Waals surface area contributed by atoms with Gasteiger partial charge in [-0.1, -0.05) is 18.2 Å². The number of H-pyrrole nitrogens is 1. The molecule has 1 aliphatic rings. The fourth-order valence-electron chi connectivity index (χ4n) is 3.48. The molecule has 8 heteroatoms. The monoisotopic (exact) mass is 368 g/mol. The maximum absolute atomic E-state index is 13.0. The Kier molecular flexibility index (Phi) is 4.97. The molecule has 0 saturated carbocycles. The van der Waals surface area contributed by atoms with Crippen LogP contribution >= 0.6 is 0 Å². The van der Waals surface area contributed by atoms with Crippen LogP contribution in [0.2, 0.25) is 0 Å². The number of hydrogen-bond acceptors (Lipinski definition) is 4. The number of benzene rings is 2. The number of aromatic amines is 1. The number of anilines is 1. The number of rotatable bonds is 4. The Balaban J connectivity index is 1.34. The van der Waals surface area contributed by atoms with Gasteiger partial charge in [0.2, 0.25) is 0 Å². The van der Waals surface area contributed by atoms with Crippen LogP contribution in [0.3, 0.4) is 0 Å². The van der Waals surface area contributed by atoms with Crippen molar-refractivity contribution in [3.8, 4) is 0 Å². The molecule has 1 aromatic heterocycles. The van der Waals surface area contributed by atoms with Crippen molar-refractivity contribution in [2.75, 3.05) is 18.4 Å². The fourth-order valence-corrected chi connectivity index (χ4v) is 3.48. The molecule has 2 amide bonds. The van der Waals surface area contributed by atoms with Crippen molar-refractivity contribution in [2.45, 2.75) is 25.4 Å². The number of piperidine rings is 1. The van der Waals surface area contributed by atoms with Crippen LogP contribution in [-0.2, 0) is 6.54 Å². The average molecular weight is 368 g/mol. The number of fused-ring (bicyclic) bond motifs is 1. The Morgan fingerprint density at radius 2 is 2.07 bits per heavy atom. The Morgan fingerprint density at radius 3 is 2.93 bits per heavy atom. The molecular weight excluding hydrogens is 347 g/mol. The van der Waals surface area contributed by atoms with E-state index in [0.717, 1.165) is 38.0 Å². The number of nitrogens with zero attached hydrogens (tertiary/aromatic N) is 3. The molecule has 3 N–H and O–H groups in total.